The maximum atomic E-state index is 13.2. The van der Waals surface area contributed by atoms with Crippen molar-refractivity contribution in [2.45, 2.75) is 25.7 Å². The molecule has 0 aromatic heterocycles. The molecule has 0 saturated carbocycles. The van der Waals surface area contributed by atoms with E-state index >= 15 is 0 Å². The fourth-order valence-electron chi connectivity index (χ4n) is 4.00. The first kappa shape index (κ1) is 28.4. The fourth-order valence-corrected chi connectivity index (χ4v) is 4.70. The van der Waals surface area contributed by atoms with Crippen LogP contribution in [0.5, 0.6) is 0 Å². The van der Waals surface area contributed by atoms with E-state index in [2.05, 4.69) is 22.0 Å². The number of benzene rings is 4. The molecule has 0 bridgehead atoms. The normalized spacial score (nSPS) is 11.0. The summed E-state index contributed by atoms with van der Waals surface area (Å²) in [5.74, 6) is -0.654. The van der Waals surface area contributed by atoms with Gasteiger partial charge in [-0.05, 0) is 92.1 Å². The second-order valence-electron chi connectivity index (χ2n) is 9.48. The molecule has 0 spiro atoms. The van der Waals surface area contributed by atoms with Crippen LogP contribution in [0.4, 0.5) is 11.4 Å². The number of anilines is 2. The van der Waals surface area contributed by atoms with Crippen molar-refractivity contribution in [3.63, 3.8) is 0 Å². The molecule has 0 fully saturated rings. The van der Waals surface area contributed by atoms with Crippen LogP contribution < -0.4 is 16.0 Å². The van der Waals surface area contributed by atoms with Gasteiger partial charge in [0, 0.05) is 21.8 Å². The number of carbonyl (C=O) groups is 3. The minimum atomic E-state index is -0.446. The zero-order valence-electron chi connectivity index (χ0n) is 22.7. The molecule has 0 saturated heterocycles. The first-order valence-corrected chi connectivity index (χ1v) is 13.8. The van der Waals surface area contributed by atoms with Crippen LogP contribution in [0.3, 0.4) is 0 Å². The Hall–Kier alpha value is -4.62. The fraction of sp³-hybridized carbons (Fsp3) is 0.121. The summed E-state index contributed by atoms with van der Waals surface area (Å²) in [5, 5.41) is 8.54. The topological polar surface area (TPSA) is 87.3 Å². The highest BCUT2D eigenvalue weighted by Gasteiger charge is 2.15. The molecule has 0 aliphatic carbocycles. The maximum Gasteiger partial charge on any atom is 0.272 e. The van der Waals surface area contributed by atoms with Gasteiger partial charge in [0.25, 0.3) is 11.8 Å². The van der Waals surface area contributed by atoms with Gasteiger partial charge < -0.3 is 16.0 Å². The highest BCUT2D eigenvalue weighted by atomic mass is 32.2. The summed E-state index contributed by atoms with van der Waals surface area (Å²) >= 11 is 1.41. The molecular formula is C33H31N3O3S. The van der Waals surface area contributed by atoms with Gasteiger partial charge >= 0.3 is 0 Å². The van der Waals surface area contributed by atoms with E-state index in [0.717, 1.165) is 32.8 Å². The van der Waals surface area contributed by atoms with E-state index in [1.807, 2.05) is 75.4 Å². The standard InChI is InChI=1S/C33H31N3O3S/c1-22-9-11-25(12-10-22)20-30(36-32(38)26-7-5-4-6-8-26)33(39)35-27-13-15-29(16-14-27)40-21-31(37)34-28-18-23(2)17-24(3)19-28/h4-20H,21H2,1-3H3,(H,34,37)(H,35,39)(H,36,38)/b30-20-. The zero-order chi connectivity index (χ0) is 28.5. The predicted molar refractivity (Wildman–Crippen MR) is 163 cm³/mol. The molecule has 7 heteroatoms. The molecule has 4 aromatic carbocycles. The molecule has 40 heavy (non-hydrogen) atoms. The Morgan fingerprint density at radius 3 is 2.00 bits per heavy atom. The Morgan fingerprint density at radius 1 is 0.700 bits per heavy atom. The largest absolute Gasteiger partial charge is 0.325 e. The highest BCUT2D eigenvalue weighted by Crippen LogP contribution is 2.22. The van der Waals surface area contributed by atoms with Crippen LogP contribution in [-0.2, 0) is 9.59 Å². The van der Waals surface area contributed by atoms with Gasteiger partial charge in [-0.15, -0.1) is 11.8 Å². The van der Waals surface area contributed by atoms with Crippen molar-refractivity contribution in [1.29, 1.82) is 0 Å². The van der Waals surface area contributed by atoms with Gasteiger partial charge in [-0.25, -0.2) is 0 Å². The zero-order valence-corrected chi connectivity index (χ0v) is 23.5. The predicted octanol–water partition coefficient (Wildman–Crippen LogP) is 6.75. The van der Waals surface area contributed by atoms with Crippen LogP contribution in [-0.4, -0.2) is 23.5 Å². The molecule has 6 nitrogen and oxygen atoms in total. The van der Waals surface area contributed by atoms with Crippen LogP contribution in [0.25, 0.3) is 6.08 Å². The lowest BCUT2D eigenvalue weighted by molar-refractivity contribution is -0.114. The molecular weight excluding hydrogens is 518 g/mol. The van der Waals surface area contributed by atoms with Crippen LogP contribution >= 0.6 is 11.8 Å². The minimum absolute atomic E-state index is 0.0904. The van der Waals surface area contributed by atoms with E-state index in [4.69, 9.17) is 0 Å². The average molecular weight is 550 g/mol. The summed E-state index contributed by atoms with van der Waals surface area (Å²) in [5.41, 5.74) is 6.00. The molecule has 3 amide bonds. The van der Waals surface area contributed by atoms with Crippen molar-refractivity contribution in [3.05, 3.63) is 131 Å². The van der Waals surface area contributed by atoms with Crippen molar-refractivity contribution < 1.29 is 14.4 Å². The van der Waals surface area contributed by atoms with Crippen LogP contribution in [0.2, 0.25) is 0 Å². The summed E-state index contributed by atoms with van der Waals surface area (Å²) in [6, 6.07) is 29.6. The van der Waals surface area contributed by atoms with Gasteiger partial charge in [0.15, 0.2) is 0 Å². The number of hydrogen-bond donors (Lipinski definition) is 3. The Bertz CT molecular complexity index is 1510. The third-order valence-corrected chi connectivity index (χ3v) is 6.92. The van der Waals surface area contributed by atoms with Gasteiger partial charge in [0.05, 0.1) is 5.75 Å². The summed E-state index contributed by atoms with van der Waals surface area (Å²) in [6.45, 7) is 5.98. The number of amides is 3. The molecule has 0 aliphatic heterocycles. The number of carbonyl (C=O) groups excluding carboxylic acids is 3. The number of thioether (sulfide) groups is 1. The second-order valence-corrected chi connectivity index (χ2v) is 10.5. The van der Waals surface area contributed by atoms with Crippen molar-refractivity contribution in [2.24, 2.45) is 0 Å². The van der Waals surface area contributed by atoms with E-state index < -0.39 is 5.91 Å². The third-order valence-electron chi connectivity index (χ3n) is 5.90. The highest BCUT2D eigenvalue weighted by molar-refractivity contribution is 8.00. The van der Waals surface area contributed by atoms with Crippen molar-refractivity contribution >= 4 is 46.9 Å². The lowest BCUT2D eigenvalue weighted by Crippen LogP contribution is -2.30. The van der Waals surface area contributed by atoms with Crippen molar-refractivity contribution in [1.82, 2.24) is 5.32 Å². The number of hydrogen-bond acceptors (Lipinski definition) is 4. The SMILES string of the molecule is Cc1ccc(/C=C(\NC(=O)c2ccccc2)C(=O)Nc2ccc(SCC(=O)Nc3cc(C)cc(C)c3)cc2)cc1. The van der Waals surface area contributed by atoms with Crippen LogP contribution in [0, 0.1) is 20.8 Å². The molecule has 0 unspecified atom stereocenters. The second kappa shape index (κ2) is 13.4. The van der Waals surface area contributed by atoms with E-state index in [1.54, 1.807) is 42.5 Å². The van der Waals surface area contributed by atoms with E-state index in [1.165, 1.54) is 11.8 Å². The quantitative estimate of drug-likeness (QED) is 0.159. The minimum Gasteiger partial charge on any atom is -0.325 e. The van der Waals surface area contributed by atoms with Gasteiger partial charge in [-0.2, -0.15) is 0 Å². The molecule has 0 radical (unpaired) electrons. The smallest absolute Gasteiger partial charge is 0.272 e. The Labute approximate surface area is 238 Å². The molecule has 4 rings (SSSR count). The number of aryl methyl sites for hydroxylation is 3. The summed E-state index contributed by atoms with van der Waals surface area (Å²) in [7, 11) is 0. The van der Waals surface area contributed by atoms with Gasteiger partial charge in [0.2, 0.25) is 5.91 Å². The van der Waals surface area contributed by atoms with Crippen LogP contribution in [0.1, 0.15) is 32.6 Å². The maximum absolute atomic E-state index is 13.2. The van der Waals surface area contributed by atoms with E-state index in [-0.39, 0.29) is 23.3 Å². The Morgan fingerprint density at radius 2 is 1.35 bits per heavy atom. The summed E-state index contributed by atoms with van der Waals surface area (Å²) < 4.78 is 0. The molecule has 0 aliphatic rings. The van der Waals surface area contributed by atoms with Gasteiger partial charge in [0.1, 0.15) is 5.70 Å². The molecule has 0 heterocycles. The molecule has 3 N–H and O–H groups in total. The number of nitrogens with one attached hydrogen (secondary N) is 3. The number of rotatable bonds is 9. The Kier molecular flexibility index (Phi) is 9.54. The monoisotopic (exact) mass is 549 g/mol. The van der Waals surface area contributed by atoms with Crippen LogP contribution in [0.15, 0.2) is 108 Å². The molecule has 0 atom stereocenters. The average Bonchev–Trinajstić information content (AvgIpc) is 2.93. The summed E-state index contributed by atoms with van der Waals surface area (Å²) in [6.07, 6.45) is 1.65. The first-order chi connectivity index (χ1) is 19.2. The van der Waals surface area contributed by atoms with Gasteiger partial charge in [-0.3, -0.25) is 14.4 Å². The van der Waals surface area contributed by atoms with Crippen molar-refractivity contribution in [2.75, 3.05) is 16.4 Å². The lowest BCUT2D eigenvalue weighted by atomic mass is 10.1. The first-order valence-electron chi connectivity index (χ1n) is 12.8. The Balaban J connectivity index is 1.40. The van der Waals surface area contributed by atoms with E-state index in [0.29, 0.717) is 11.3 Å². The lowest BCUT2D eigenvalue weighted by Gasteiger charge is -2.12. The summed E-state index contributed by atoms with van der Waals surface area (Å²) in [4.78, 5) is 39.3. The molecule has 4 aromatic rings. The molecule has 202 valence electrons. The van der Waals surface area contributed by atoms with E-state index in [9.17, 15) is 14.4 Å². The van der Waals surface area contributed by atoms with Crippen molar-refractivity contribution in [3.8, 4) is 0 Å². The van der Waals surface area contributed by atoms with Gasteiger partial charge in [-0.1, -0.05) is 54.1 Å². The third kappa shape index (κ3) is 8.44.